The highest BCUT2D eigenvalue weighted by Crippen LogP contribution is 2.46. The number of hydrogen-bond donors (Lipinski definition) is 0. The van der Waals surface area contributed by atoms with Gasteiger partial charge in [-0.3, -0.25) is 13.7 Å². The second-order valence-electron chi connectivity index (χ2n) is 21.9. The Balaban J connectivity index is 1.04. The number of benzene rings is 12. The predicted molar refractivity (Wildman–Crippen MR) is 346 cm³/mol. The number of para-hydroxylation sites is 9. The highest BCUT2D eigenvalue weighted by atomic mass is 15.3. The first-order valence-electron chi connectivity index (χ1n) is 28.5. The molecule has 0 amide bonds. The van der Waals surface area contributed by atoms with Crippen molar-refractivity contribution in [1.29, 1.82) is 0 Å². The van der Waals surface area contributed by atoms with E-state index >= 15 is 0 Å². The molecule has 0 unspecified atom stereocenters. The summed E-state index contributed by atoms with van der Waals surface area (Å²) in [7, 11) is 0. The van der Waals surface area contributed by atoms with E-state index in [1.165, 1.54) is 16.2 Å². The molecule has 0 atom stereocenters. The Labute approximate surface area is 478 Å². The summed E-state index contributed by atoms with van der Waals surface area (Å²) in [6.45, 7) is 0. The van der Waals surface area contributed by atoms with Crippen LogP contribution in [0.25, 0.3) is 166 Å². The van der Waals surface area contributed by atoms with Crippen molar-refractivity contribution >= 4 is 131 Å². The third-order valence-electron chi connectivity index (χ3n) is 17.6. The molecule has 9 nitrogen and oxygen atoms in total. The highest BCUT2D eigenvalue weighted by Gasteiger charge is 2.29. The van der Waals surface area contributed by atoms with Crippen LogP contribution in [-0.4, -0.2) is 42.4 Å². The molecule has 19 rings (SSSR count). The van der Waals surface area contributed by atoms with Crippen LogP contribution in [0.1, 0.15) is 0 Å². The molecular formula is C75H45N9. The highest BCUT2D eigenvalue weighted by molar-refractivity contribution is 6.27. The fraction of sp³-hybridized carbons (Fsp3) is 0. The van der Waals surface area contributed by atoms with Crippen molar-refractivity contribution in [2.45, 2.75) is 0 Å². The monoisotopic (exact) mass is 1070 g/mol. The SMILES string of the molecule is c1ccc(-n2c3ccccc3c3ccc4c5ccccc5n(-c5nc(-n6c7ccccc7c7ccc8c9ccccc9n(-c9ccccc9)c8c76)nc(-n6c7ccccc7c7ccc8c9ccccc9n(-c9ccccc9)c8c76)n5)c4c32)cc1. The quantitative estimate of drug-likeness (QED) is 0.167. The van der Waals surface area contributed by atoms with Crippen LogP contribution >= 0.6 is 0 Å². The first-order valence-corrected chi connectivity index (χ1v) is 28.5. The van der Waals surface area contributed by atoms with E-state index in [4.69, 9.17) is 15.0 Å². The molecule has 0 N–H and O–H groups in total. The Morgan fingerprint density at radius 3 is 0.560 bits per heavy atom. The van der Waals surface area contributed by atoms with Gasteiger partial charge in [0.25, 0.3) is 0 Å². The minimum atomic E-state index is 0.488. The summed E-state index contributed by atoms with van der Waals surface area (Å²) in [6.07, 6.45) is 0. The van der Waals surface area contributed by atoms with Gasteiger partial charge in [-0.1, -0.05) is 200 Å². The van der Waals surface area contributed by atoms with Crippen LogP contribution in [0.3, 0.4) is 0 Å². The van der Waals surface area contributed by atoms with Crippen molar-refractivity contribution in [3.05, 3.63) is 273 Å². The molecule has 7 heterocycles. The Bertz CT molecular complexity index is 5380. The van der Waals surface area contributed by atoms with Gasteiger partial charge in [0.2, 0.25) is 17.8 Å². The third kappa shape index (κ3) is 6.03. The Hall–Kier alpha value is -11.6. The molecule has 0 saturated heterocycles. The van der Waals surface area contributed by atoms with Crippen molar-refractivity contribution in [3.8, 4) is 34.9 Å². The zero-order valence-electron chi connectivity index (χ0n) is 45.0. The molecule has 0 bridgehead atoms. The zero-order valence-corrected chi connectivity index (χ0v) is 45.0. The lowest BCUT2D eigenvalue weighted by Gasteiger charge is -2.16. The molecule has 19 aromatic rings. The van der Waals surface area contributed by atoms with Gasteiger partial charge in [0.1, 0.15) is 0 Å². The van der Waals surface area contributed by atoms with Crippen molar-refractivity contribution in [1.82, 2.24) is 42.4 Å². The molecular weight excluding hydrogens is 1030 g/mol. The van der Waals surface area contributed by atoms with E-state index in [1.54, 1.807) is 0 Å². The number of hydrogen-bond acceptors (Lipinski definition) is 3. The van der Waals surface area contributed by atoms with Crippen LogP contribution in [0.15, 0.2) is 273 Å². The molecule has 0 aliphatic rings. The predicted octanol–water partition coefficient (Wildman–Crippen LogP) is 18.5. The summed E-state index contributed by atoms with van der Waals surface area (Å²) >= 11 is 0. The van der Waals surface area contributed by atoms with Crippen LogP contribution in [0.2, 0.25) is 0 Å². The zero-order chi connectivity index (χ0) is 54.7. The van der Waals surface area contributed by atoms with Gasteiger partial charge in [0, 0.05) is 81.7 Å². The van der Waals surface area contributed by atoms with Gasteiger partial charge in [0.15, 0.2) is 0 Å². The van der Waals surface area contributed by atoms with Crippen LogP contribution < -0.4 is 0 Å². The second kappa shape index (κ2) is 17.0. The maximum Gasteiger partial charge on any atom is 0.241 e. The van der Waals surface area contributed by atoms with Crippen molar-refractivity contribution in [3.63, 3.8) is 0 Å². The third-order valence-corrected chi connectivity index (χ3v) is 17.6. The average Bonchev–Trinajstić information content (AvgIpc) is 3.53. The molecule has 9 heteroatoms. The molecule has 12 aromatic carbocycles. The molecule has 0 saturated carbocycles. The van der Waals surface area contributed by atoms with E-state index in [9.17, 15) is 0 Å². The summed E-state index contributed by atoms with van der Waals surface area (Å²) in [6, 6.07) is 98.3. The number of rotatable bonds is 6. The minimum absolute atomic E-state index is 0.488. The maximum absolute atomic E-state index is 5.94. The molecule has 390 valence electrons. The van der Waals surface area contributed by atoms with Gasteiger partial charge < -0.3 is 13.7 Å². The van der Waals surface area contributed by atoms with Gasteiger partial charge in [-0.25, -0.2) is 0 Å². The molecule has 7 aromatic heterocycles. The molecule has 0 fully saturated rings. The molecule has 0 aliphatic heterocycles. The Morgan fingerprint density at radius 2 is 0.333 bits per heavy atom. The van der Waals surface area contributed by atoms with E-state index in [0.29, 0.717) is 17.8 Å². The van der Waals surface area contributed by atoms with Gasteiger partial charge in [-0.05, 0) is 72.8 Å². The largest absolute Gasteiger partial charge is 0.307 e. The summed E-state index contributed by atoms with van der Waals surface area (Å²) in [5.74, 6) is 1.46. The fourth-order valence-corrected chi connectivity index (χ4v) is 14.3. The Kier molecular flexibility index (Phi) is 9.15. The topological polar surface area (TPSA) is 68.2 Å². The van der Waals surface area contributed by atoms with Crippen molar-refractivity contribution in [2.24, 2.45) is 0 Å². The maximum atomic E-state index is 5.94. The summed E-state index contributed by atoms with van der Waals surface area (Å²) in [5, 5.41) is 13.5. The van der Waals surface area contributed by atoms with Crippen molar-refractivity contribution in [2.75, 3.05) is 0 Å². The van der Waals surface area contributed by atoms with E-state index in [-0.39, 0.29) is 0 Å². The van der Waals surface area contributed by atoms with Gasteiger partial charge in [0.05, 0.1) is 66.2 Å². The Morgan fingerprint density at radius 1 is 0.155 bits per heavy atom. The summed E-state index contributed by atoms with van der Waals surface area (Å²) < 4.78 is 14.2. The smallest absolute Gasteiger partial charge is 0.241 e. The average molecular weight is 1070 g/mol. The normalized spacial score (nSPS) is 12.3. The minimum Gasteiger partial charge on any atom is -0.307 e. The van der Waals surface area contributed by atoms with Crippen LogP contribution in [0.5, 0.6) is 0 Å². The molecule has 0 aliphatic carbocycles. The number of nitrogens with zero attached hydrogens (tertiary/aromatic N) is 9. The lowest BCUT2D eigenvalue weighted by molar-refractivity contribution is 0.848. The standard InChI is InChI=1S/C75H45N9/c1-4-22-46(23-5-1)79-61-34-16-10-28-49(61)55-40-43-58-52-31-13-19-37-64(52)82(70(58)67(55)79)73-76-74(83-65-38-20-14-32-53(65)59-44-41-56-50-29-11-17-35-62(50)80(68(56)71(59)83)47-24-6-2-7-25-47)78-75(77-73)84-66-39-21-15-33-54(66)60-45-42-57-51-30-12-18-36-63(51)81(69(57)72(60)84)48-26-8-3-9-27-48/h1-45H. The summed E-state index contributed by atoms with van der Waals surface area (Å²) in [4.78, 5) is 17.8. The molecule has 84 heavy (non-hydrogen) atoms. The van der Waals surface area contributed by atoms with E-state index < -0.39 is 0 Å². The fourth-order valence-electron chi connectivity index (χ4n) is 14.3. The van der Waals surface area contributed by atoms with E-state index in [0.717, 1.165) is 132 Å². The lowest BCUT2D eigenvalue weighted by Crippen LogP contribution is -2.14. The first kappa shape index (κ1) is 45.2. The van der Waals surface area contributed by atoms with Crippen molar-refractivity contribution < 1.29 is 0 Å². The van der Waals surface area contributed by atoms with E-state index in [2.05, 4.69) is 300 Å². The number of aromatic nitrogens is 9. The first-order chi connectivity index (χ1) is 41.7. The summed E-state index contributed by atoms with van der Waals surface area (Å²) in [5.41, 5.74) is 15.7. The molecule has 0 radical (unpaired) electrons. The number of fused-ring (bicyclic) bond motifs is 21. The molecule has 0 spiro atoms. The lowest BCUT2D eigenvalue weighted by atomic mass is 10.1. The van der Waals surface area contributed by atoms with Gasteiger partial charge >= 0.3 is 0 Å². The van der Waals surface area contributed by atoms with Crippen LogP contribution in [0.4, 0.5) is 0 Å². The van der Waals surface area contributed by atoms with Crippen LogP contribution in [-0.2, 0) is 0 Å². The van der Waals surface area contributed by atoms with E-state index in [1.807, 2.05) is 0 Å². The second-order valence-corrected chi connectivity index (χ2v) is 21.9. The van der Waals surface area contributed by atoms with Gasteiger partial charge in [-0.15, -0.1) is 0 Å². The van der Waals surface area contributed by atoms with Crippen LogP contribution in [0, 0.1) is 0 Å². The van der Waals surface area contributed by atoms with Gasteiger partial charge in [-0.2, -0.15) is 15.0 Å².